The van der Waals surface area contributed by atoms with Gasteiger partial charge in [-0.15, -0.1) is 0 Å². The molecule has 4 nitrogen and oxygen atoms in total. The summed E-state index contributed by atoms with van der Waals surface area (Å²) < 4.78 is 0. The van der Waals surface area contributed by atoms with Crippen LogP contribution < -0.4 is 0 Å². The highest BCUT2D eigenvalue weighted by Crippen LogP contribution is 2.23. The Hall–Kier alpha value is -1.68. The summed E-state index contributed by atoms with van der Waals surface area (Å²) in [5, 5.41) is 7.37. The predicted molar refractivity (Wildman–Crippen MR) is 82.5 cm³/mol. The lowest BCUT2D eigenvalue weighted by Crippen LogP contribution is -2.16. The van der Waals surface area contributed by atoms with E-state index in [0.29, 0.717) is 12.0 Å². The van der Waals surface area contributed by atoms with Gasteiger partial charge in [-0.05, 0) is 38.6 Å². The average Bonchev–Trinajstić information content (AvgIpc) is 2.85. The molecule has 0 saturated heterocycles. The molecule has 0 aliphatic rings. The van der Waals surface area contributed by atoms with Crippen LogP contribution in [0, 0.1) is 5.92 Å². The van der Waals surface area contributed by atoms with E-state index < -0.39 is 0 Å². The van der Waals surface area contributed by atoms with Crippen LogP contribution in [0.4, 0.5) is 0 Å². The van der Waals surface area contributed by atoms with Gasteiger partial charge in [0.15, 0.2) is 5.82 Å². The van der Waals surface area contributed by atoms with Crippen molar-refractivity contribution in [2.45, 2.75) is 33.2 Å². The minimum absolute atomic E-state index is 0.379. The summed E-state index contributed by atoms with van der Waals surface area (Å²) in [6, 6.07) is 8.84. The second-order valence-corrected chi connectivity index (χ2v) is 5.97. The summed E-state index contributed by atoms with van der Waals surface area (Å²) in [6.07, 6.45) is 0.931. The first kappa shape index (κ1) is 14.7. The maximum Gasteiger partial charge on any atom is 0.181 e. The Balaban J connectivity index is 2.24. The standard InChI is InChI=1S/C16H24N4/c1-11(2)9-15-17-16(19-18-15)14-8-6-7-13(10-14)12(3)20(4)5/h6-8,10-12H,9H2,1-5H3,(H,17,18,19)/t12-/m0/s1. The van der Waals surface area contributed by atoms with Crippen molar-refractivity contribution >= 4 is 0 Å². The van der Waals surface area contributed by atoms with E-state index in [2.05, 4.69) is 79.2 Å². The van der Waals surface area contributed by atoms with Crippen molar-refractivity contribution in [3.63, 3.8) is 0 Å². The number of nitrogens with one attached hydrogen (secondary N) is 1. The molecule has 108 valence electrons. The maximum atomic E-state index is 4.59. The molecule has 4 heteroatoms. The van der Waals surface area contributed by atoms with Gasteiger partial charge in [-0.2, -0.15) is 5.10 Å². The van der Waals surface area contributed by atoms with Gasteiger partial charge in [0.05, 0.1) is 0 Å². The lowest BCUT2D eigenvalue weighted by Gasteiger charge is -2.20. The third-order valence-corrected chi connectivity index (χ3v) is 3.54. The Morgan fingerprint density at radius 1 is 1.20 bits per heavy atom. The monoisotopic (exact) mass is 272 g/mol. The fourth-order valence-corrected chi connectivity index (χ4v) is 2.14. The first-order valence-electron chi connectivity index (χ1n) is 7.15. The smallest absolute Gasteiger partial charge is 0.181 e. The second-order valence-electron chi connectivity index (χ2n) is 5.97. The molecule has 1 aromatic carbocycles. The Kier molecular flexibility index (Phi) is 4.55. The van der Waals surface area contributed by atoms with Crippen LogP contribution in [0.2, 0.25) is 0 Å². The Bertz CT molecular complexity index is 557. The van der Waals surface area contributed by atoms with E-state index in [1.165, 1.54) is 5.56 Å². The zero-order valence-corrected chi connectivity index (χ0v) is 13.0. The van der Waals surface area contributed by atoms with Gasteiger partial charge in [0.25, 0.3) is 0 Å². The molecule has 0 saturated carbocycles. The highest BCUT2D eigenvalue weighted by Gasteiger charge is 2.11. The van der Waals surface area contributed by atoms with E-state index in [-0.39, 0.29) is 0 Å². The van der Waals surface area contributed by atoms with Crippen LogP contribution in [0.5, 0.6) is 0 Å². The summed E-state index contributed by atoms with van der Waals surface area (Å²) in [5.41, 5.74) is 2.35. The van der Waals surface area contributed by atoms with Crippen LogP contribution in [0.1, 0.15) is 38.2 Å². The highest BCUT2D eigenvalue weighted by molar-refractivity contribution is 5.56. The van der Waals surface area contributed by atoms with Crippen LogP contribution in [0.15, 0.2) is 24.3 Å². The SMILES string of the molecule is CC(C)Cc1nc(-c2cccc([C@H](C)N(C)C)c2)n[nH]1. The number of benzene rings is 1. The number of aromatic amines is 1. The van der Waals surface area contributed by atoms with Gasteiger partial charge in [-0.25, -0.2) is 4.98 Å². The van der Waals surface area contributed by atoms with Crippen LogP contribution in [0.3, 0.4) is 0 Å². The molecule has 0 aliphatic carbocycles. The first-order valence-corrected chi connectivity index (χ1v) is 7.15. The average molecular weight is 272 g/mol. The fourth-order valence-electron chi connectivity index (χ4n) is 2.14. The van der Waals surface area contributed by atoms with Crippen molar-refractivity contribution in [3.8, 4) is 11.4 Å². The lowest BCUT2D eigenvalue weighted by atomic mass is 10.0. The molecule has 1 aromatic heterocycles. The zero-order chi connectivity index (χ0) is 14.7. The molecule has 0 spiro atoms. The summed E-state index contributed by atoms with van der Waals surface area (Å²) >= 11 is 0. The number of nitrogens with zero attached hydrogens (tertiary/aromatic N) is 3. The van der Waals surface area contributed by atoms with E-state index in [9.17, 15) is 0 Å². The number of H-pyrrole nitrogens is 1. The molecular formula is C16H24N4. The Morgan fingerprint density at radius 2 is 1.95 bits per heavy atom. The van der Waals surface area contributed by atoms with Crippen LogP contribution >= 0.6 is 0 Å². The van der Waals surface area contributed by atoms with Crippen molar-refractivity contribution in [1.82, 2.24) is 20.1 Å². The number of hydrogen-bond donors (Lipinski definition) is 1. The molecule has 0 amide bonds. The molecule has 20 heavy (non-hydrogen) atoms. The van der Waals surface area contributed by atoms with Gasteiger partial charge in [-0.3, -0.25) is 5.10 Å². The minimum atomic E-state index is 0.379. The van der Waals surface area contributed by atoms with E-state index in [1.807, 2.05) is 0 Å². The number of hydrogen-bond acceptors (Lipinski definition) is 3. The topological polar surface area (TPSA) is 44.8 Å². The van der Waals surface area contributed by atoms with Gasteiger partial charge in [0.2, 0.25) is 0 Å². The predicted octanol–water partition coefficient (Wildman–Crippen LogP) is 3.29. The van der Waals surface area contributed by atoms with Gasteiger partial charge >= 0.3 is 0 Å². The molecule has 0 bridgehead atoms. The highest BCUT2D eigenvalue weighted by atomic mass is 15.2. The molecule has 1 heterocycles. The first-order chi connectivity index (χ1) is 9.47. The van der Waals surface area contributed by atoms with Crippen LogP contribution in [-0.4, -0.2) is 34.2 Å². The molecule has 1 N–H and O–H groups in total. The van der Waals surface area contributed by atoms with Crippen molar-refractivity contribution in [2.75, 3.05) is 14.1 Å². The summed E-state index contributed by atoms with van der Waals surface area (Å²) in [5.74, 6) is 2.32. The normalized spacial score (nSPS) is 13.2. The van der Waals surface area contributed by atoms with Gasteiger partial charge in [0.1, 0.15) is 5.82 Å². The quantitative estimate of drug-likeness (QED) is 0.908. The van der Waals surface area contributed by atoms with E-state index >= 15 is 0 Å². The third-order valence-electron chi connectivity index (χ3n) is 3.54. The third kappa shape index (κ3) is 3.45. The second kappa shape index (κ2) is 6.18. The van der Waals surface area contributed by atoms with E-state index in [0.717, 1.165) is 23.6 Å². The minimum Gasteiger partial charge on any atom is -0.303 e. The van der Waals surface area contributed by atoms with Crippen molar-refractivity contribution in [3.05, 3.63) is 35.7 Å². The molecular weight excluding hydrogens is 248 g/mol. The summed E-state index contributed by atoms with van der Waals surface area (Å²) in [6.45, 7) is 6.56. The summed E-state index contributed by atoms with van der Waals surface area (Å²) in [4.78, 5) is 6.78. The molecule has 1 atom stereocenters. The van der Waals surface area contributed by atoms with Crippen LogP contribution in [-0.2, 0) is 6.42 Å². The number of rotatable bonds is 5. The maximum absolute atomic E-state index is 4.59. The molecule has 0 aliphatic heterocycles. The molecule has 2 rings (SSSR count). The van der Waals surface area contributed by atoms with Crippen molar-refractivity contribution < 1.29 is 0 Å². The molecule has 0 radical (unpaired) electrons. The molecule has 0 fully saturated rings. The fraction of sp³-hybridized carbons (Fsp3) is 0.500. The van der Waals surface area contributed by atoms with Crippen LogP contribution in [0.25, 0.3) is 11.4 Å². The number of aromatic nitrogens is 3. The Labute approximate surface area is 121 Å². The summed E-state index contributed by atoms with van der Waals surface area (Å²) in [7, 11) is 4.18. The lowest BCUT2D eigenvalue weighted by molar-refractivity contribution is 0.321. The van der Waals surface area contributed by atoms with Gasteiger partial charge in [-0.1, -0.05) is 32.0 Å². The van der Waals surface area contributed by atoms with Gasteiger partial charge < -0.3 is 4.90 Å². The zero-order valence-electron chi connectivity index (χ0n) is 13.0. The van der Waals surface area contributed by atoms with E-state index in [4.69, 9.17) is 0 Å². The Morgan fingerprint density at radius 3 is 2.60 bits per heavy atom. The van der Waals surface area contributed by atoms with Crippen molar-refractivity contribution in [1.29, 1.82) is 0 Å². The molecule has 0 unspecified atom stereocenters. The largest absolute Gasteiger partial charge is 0.303 e. The van der Waals surface area contributed by atoms with E-state index in [1.54, 1.807) is 0 Å². The van der Waals surface area contributed by atoms with Gasteiger partial charge in [0, 0.05) is 18.0 Å². The van der Waals surface area contributed by atoms with Crippen molar-refractivity contribution in [2.24, 2.45) is 5.92 Å². The molecule has 2 aromatic rings.